The van der Waals surface area contributed by atoms with Crippen LogP contribution in [0.2, 0.25) is 0 Å². The normalized spacial score (nSPS) is 16.2. The molecule has 0 spiro atoms. The van der Waals surface area contributed by atoms with E-state index in [1.54, 1.807) is 19.9 Å². The number of aliphatic carboxylic acids is 1. The van der Waals surface area contributed by atoms with E-state index in [4.69, 9.17) is 9.84 Å². The molecule has 0 saturated carbocycles. The van der Waals surface area contributed by atoms with Gasteiger partial charge in [-0.2, -0.15) is 0 Å². The van der Waals surface area contributed by atoms with Crippen LogP contribution in [0.25, 0.3) is 0 Å². The van der Waals surface area contributed by atoms with Crippen molar-refractivity contribution in [2.24, 2.45) is 5.41 Å². The van der Waals surface area contributed by atoms with Crippen LogP contribution in [0.15, 0.2) is 18.2 Å². The summed E-state index contributed by atoms with van der Waals surface area (Å²) in [7, 11) is 0. The SMILES string of the molecule is CC(C)(CC(=O)O)CC(=O)c1ccc2c(c1)CC(C)(C)O2. The van der Waals surface area contributed by atoms with Crippen molar-refractivity contribution in [1.29, 1.82) is 0 Å². The van der Waals surface area contributed by atoms with Gasteiger partial charge in [-0.25, -0.2) is 0 Å². The fraction of sp³-hybridized carbons (Fsp3) is 0.529. The first kappa shape index (κ1) is 15.5. The summed E-state index contributed by atoms with van der Waals surface area (Å²) in [4.78, 5) is 23.2. The predicted octanol–water partition coefficient (Wildman–Crippen LogP) is 3.47. The molecule has 0 bridgehead atoms. The number of carboxylic acid groups (broad SMARTS) is 1. The van der Waals surface area contributed by atoms with Gasteiger partial charge in [-0.05, 0) is 43.0 Å². The van der Waals surface area contributed by atoms with Crippen molar-refractivity contribution < 1.29 is 19.4 Å². The van der Waals surface area contributed by atoms with E-state index in [2.05, 4.69) is 0 Å². The van der Waals surface area contributed by atoms with Crippen molar-refractivity contribution >= 4 is 11.8 Å². The third-order valence-corrected chi connectivity index (χ3v) is 3.65. The van der Waals surface area contributed by atoms with E-state index in [9.17, 15) is 9.59 Å². The average molecular weight is 290 g/mol. The Balaban J connectivity index is 2.13. The monoisotopic (exact) mass is 290 g/mol. The van der Waals surface area contributed by atoms with Crippen LogP contribution < -0.4 is 4.74 Å². The Kier molecular flexibility index (Phi) is 3.83. The Bertz CT molecular complexity index is 584. The Labute approximate surface area is 125 Å². The number of rotatable bonds is 5. The molecule has 4 heteroatoms. The molecule has 0 atom stereocenters. The summed E-state index contributed by atoms with van der Waals surface area (Å²) in [5.74, 6) is -0.0630. The number of carbonyl (C=O) groups is 2. The molecule has 114 valence electrons. The largest absolute Gasteiger partial charge is 0.487 e. The second-order valence-corrected chi connectivity index (χ2v) is 7.20. The van der Waals surface area contributed by atoms with Gasteiger partial charge in [-0.1, -0.05) is 13.8 Å². The van der Waals surface area contributed by atoms with E-state index in [0.717, 1.165) is 17.7 Å². The van der Waals surface area contributed by atoms with E-state index < -0.39 is 11.4 Å². The van der Waals surface area contributed by atoms with Crippen molar-refractivity contribution in [3.8, 4) is 5.75 Å². The average Bonchev–Trinajstić information content (AvgIpc) is 2.58. The van der Waals surface area contributed by atoms with Gasteiger partial charge in [0.1, 0.15) is 11.4 Å². The summed E-state index contributed by atoms with van der Waals surface area (Å²) in [5, 5.41) is 8.89. The van der Waals surface area contributed by atoms with Crippen molar-refractivity contribution in [2.75, 3.05) is 0 Å². The molecular weight excluding hydrogens is 268 g/mol. The third kappa shape index (κ3) is 3.84. The van der Waals surface area contributed by atoms with Crippen LogP contribution in [0, 0.1) is 5.41 Å². The molecule has 0 aliphatic carbocycles. The summed E-state index contributed by atoms with van der Waals surface area (Å²) in [6.07, 6.45) is 0.990. The first-order chi connectivity index (χ1) is 9.58. The maximum atomic E-state index is 12.4. The Hall–Kier alpha value is -1.84. The molecule has 0 radical (unpaired) electrons. The first-order valence-corrected chi connectivity index (χ1v) is 7.15. The zero-order valence-electron chi connectivity index (χ0n) is 13.0. The molecule has 0 saturated heterocycles. The molecule has 0 amide bonds. The summed E-state index contributed by atoms with van der Waals surface area (Å²) < 4.78 is 5.79. The number of carboxylic acids is 1. The zero-order chi connectivity index (χ0) is 15.8. The molecule has 1 aromatic carbocycles. The van der Waals surface area contributed by atoms with Gasteiger partial charge in [0.25, 0.3) is 0 Å². The summed E-state index contributed by atoms with van der Waals surface area (Å²) in [6.45, 7) is 7.64. The minimum Gasteiger partial charge on any atom is -0.487 e. The molecule has 0 unspecified atom stereocenters. The Morgan fingerprint density at radius 3 is 2.57 bits per heavy atom. The van der Waals surface area contributed by atoms with Gasteiger partial charge in [-0.3, -0.25) is 9.59 Å². The van der Waals surface area contributed by atoms with Gasteiger partial charge in [0.05, 0.1) is 6.42 Å². The second kappa shape index (κ2) is 5.17. The van der Waals surface area contributed by atoms with Crippen LogP contribution in [0.4, 0.5) is 0 Å². The molecule has 0 aromatic heterocycles. The number of hydrogen-bond acceptors (Lipinski definition) is 3. The van der Waals surface area contributed by atoms with Crippen LogP contribution in [-0.4, -0.2) is 22.5 Å². The maximum Gasteiger partial charge on any atom is 0.303 e. The lowest BCUT2D eigenvalue weighted by molar-refractivity contribution is -0.139. The van der Waals surface area contributed by atoms with Crippen molar-refractivity contribution in [1.82, 2.24) is 0 Å². The smallest absolute Gasteiger partial charge is 0.303 e. The summed E-state index contributed by atoms with van der Waals surface area (Å²) in [5.41, 5.74) is 0.903. The fourth-order valence-electron chi connectivity index (χ4n) is 2.79. The minimum atomic E-state index is -0.878. The molecular formula is C17H22O4. The molecule has 1 aliphatic rings. The highest BCUT2D eigenvalue weighted by atomic mass is 16.5. The number of carbonyl (C=O) groups excluding carboxylic acids is 1. The summed E-state index contributed by atoms with van der Waals surface area (Å²) in [6, 6.07) is 5.48. The number of fused-ring (bicyclic) bond motifs is 1. The number of ether oxygens (including phenoxy) is 1. The second-order valence-electron chi connectivity index (χ2n) is 7.20. The van der Waals surface area contributed by atoms with E-state index in [-0.39, 0.29) is 24.2 Å². The predicted molar refractivity (Wildman–Crippen MR) is 79.8 cm³/mol. The van der Waals surface area contributed by atoms with Gasteiger partial charge in [0.2, 0.25) is 0 Å². The van der Waals surface area contributed by atoms with Crippen LogP contribution in [0.5, 0.6) is 5.75 Å². The van der Waals surface area contributed by atoms with Gasteiger partial charge >= 0.3 is 5.97 Å². The molecule has 4 nitrogen and oxygen atoms in total. The van der Waals surface area contributed by atoms with E-state index in [0.29, 0.717) is 5.56 Å². The van der Waals surface area contributed by atoms with Gasteiger partial charge in [-0.15, -0.1) is 0 Å². The number of benzene rings is 1. The van der Waals surface area contributed by atoms with Gasteiger partial charge in [0.15, 0.2) is 5.78 Å². The molecule has 21 heavy (non-hydrogen) atoms. The number of hydrogen-bond donors (Lipinski definition) is 1. The van der Waals surface area contributed by atoms with E-state index >= 15 is 0 Å². The van der Waals surface area contributed by atoms with E-state index in [1.807, 2.05) is 26.0 Å². The van der Waals surface area contributed by atoms with Crippen LogP contribution in [0.1, 0.15) is 56.5 Å². The maximum absolute atomic E-state index is 12.4. The van der Waals surface area contributed by atoms with Crippen molar-refractivity contribution in [3.05, 3.63) is 29.3 Å². The van der Waals surface area contributed by atoms with Crippen molar-refractivity contribution in [3.63, 3.8) is 0 Å². The molecule has 1 aliphatic heterocycles. The lowest BCUT2D eigenvalue weighted by atomic mass is 9.82. The first-order valence-electron chi connectivity index (χ1n) is 7.15. The summed E-state index contributed by atoms with van der Waals surface area (Å²) >= 11 is 0. The molecule has 1 N–H and O–H groups in total. The van der Waals surface area contributed by atoms with E-state index in [1.165, 1.54) is 0 Å². The van der Waals surface area contributed by atoms with Gasteiger partial charge in [0, 0.05) is 18.4 Å². The lowest BCUT2D eigenvalue weighted by Crippen LogP contribution is -2.24. The number of ketones is 1. The Morgan fingerprint density at radius 2 is 1.95 bits per heavy atom. The zero-order valence-corrected chi connectivity index (χ0v) is 13.0. The van der Waals surface area contributed by atoms with Gasteiger partial charge < -0.3 is 9.84 Å². The number of Topliss-reactive ketones (excluding diaryl/α,β-unsaturated/α-hetero) is 1. The molecule has 0 fully saturated rings. The fourth-order valence-corrected chi connectivity index (χ4v) is 2.79. The molecule has 2 rings (SSSR count). The quantitative estimate of drug-likeness (QED) is 0.843. The van der Waals surface area contributed by atoms with Crippen molar-refractivity contribution in [2.45, 2.75) is 52.6 Å². The Morgan fingerprint density at radius 1 is 1.29 bits per heavy atom. The van der Waals surface area contributed by atoms with Crippen LogP contribution in [-0.2, 0) is 11.2 Å². The molecule has 1 aromatic rings. The topological polar surface area (TPSA) is 63.6 Å². The molecule has 1 heterocycles. The highest BCUT2D eigenvalue weighted by Crippen LogP contribution is 2.36. The van der Waals surface area contributed by atoms with Crippen LogP contribution >= 0.6 is 0 Å². The van der Waals surface area contributed by atoms with Crippen LogP contribution in [0.3, 0.4) is 0 Å². The lowest BCUT2D eigenvalue weighted by Gasteiger charge is -2.21. The third-order valence-electron chi connectivity index (χ3n) is 3.65. The standard InChI is InChI=1S/C17H22O4/c1-16(2,10-15(19)20)9-13(18)11-5-6-14-12(7-11)8-17(3,4)21-14/h5-7H,8-10H2,1-4H3,(H,19,20). The highest BCUT2D eigenvalue weighted by molar-refractivity contribution is 5.97. The highest BCUT2D eigenvalue weighted by Gasteiger charge is 2.31. The minimum absolute atomic E-state index is 0.0141.